The van der Waals surface area contributed by atoms with E-state index in [2.05, 4.69) is 15.8 Å². The third kappa shape index (κ3) is 3.78. The number of oxime groups is 1. The molecule has 1 aliphatic rings. The minimum absolute atomic E-state index is 0.0891. The Morgan fingerprint density at radius 1 is 1.28 bits per heavy atom. The first-order chi connectivity index (χ1) is 8.29. The predicted molar refractivity (Wildman–Crippen MR) is 70.6 cm³/mol. The van der Waals surface area contributed by atoms with E-state index in [4.69, 9.17) is 10.9 Å². The van der Waals surface area contributed by atoms with Crippen LogP contribution in [0.15, 0.2) is 5.16 Å². The lowest BCUT2D eigenvalue weighted by Gasteiger charge is -2.37. The molecule has 6 heteroatoms. The monoisotopic (exact) mass is 256 g/mol. The summed E-state index contributed by atoms with van der Waals surface area (Å²) in [6, 6.07) is -0.281. The molecule has 0 aromatic rings. The van der Waals surface area contributed by atoms with Crippen molar-refractivity contribution in [2.45, 2.75) is 64.0 Å². The number of rotatable bonds is 2. The second-order valence-electron chi connectivity index (χ2n) is 5.96. The zero-order valence-corrected chi connectivity index (χ0v) is 11.4. The van der Waals surface area contributed by atoms with Gasteiger partial charge in [-0.2, -0.15) is 0 Å². The summed E-state index contributed by atoms with van der Waals surface area (Å²) in [7, 11) is 0. The van der Waals surface area contributed by atoms with Crippen LogP contribution in [-0.2, 0) is 0 Å². The molecule has 2 amide bonds. The molecule has 0 bridgehead atoms. The molecule has 6 nitrogen and oxygen atoms in total. The number of carbonyl (C=O) groups excluding carboxylic acids is 1. The highest BCUT2D eigenvalue weighted by Crippen LogP contribution is 2.28. The Hall–Kier alpha value is -1.46. The quantitative estimate of drug-likeness (QED) is 0.261. The molecule has 0 aromatic heterocycles. The van der Waals surface area contributed by atoms with Crippen molar-refractivity contribution in [2.24, 2.45) is 10.9 Å². The number of hydrogen-bond acceptors (Lipinski definition) is 3. The molecule has 1 fully saturated rings. The maximum Gasteiger partial charge on any atom is 0.316 e. The summed E-state index contributed by atoms with van der Waals surface area (Å²) in [6.07, 6.45) is 4.46. The summed E-state index contributed by atoms with van der Waals surface area (Å²) in [5.41, 5.74) is 4.73. The third-order valence-electron chi connectivity index (χ3n) is 3.15. The van der Waals surface area contributed by atoms with E-state index in [-0.39, 0.29) is 17.4 Å². The fourth-order valence-corrected chi connectivity index (χ4v) is 2.29. The van der Waals surface area contributed by atoms with Gasteiger partial charge in [0.2, 0.25) is 0 Å². The van der Waals surface area contributed by atoms with Gasteiger partial charge in [-0.25, -0.2) is 4.79 Å². The van der Waals surface area contributed by atoms with Crippen molar-refractivity contribution in [3.05, 3.63) is 0 Å². The smallest absolute Gasteiger partial charge is 0.316 e. The van der Waals surface area contributed by atoms with Crippen molar-refractivity contribution in [3.63, 3.8) is 0 Å². The van der Waals surface area contributed by atoms with Gasteiger partial charge in [0.25, 0.3) is 0 Å². The highest BCUT2D eigenvalue weighted by Gasteiger charge is 2.38. The van der Waals surface area contributed by atoms with Crippen LogP contribution in [0.2, 0.25) is 0 Å². The van der Waals surface area contributed by atoms with E-state index in [0.29, 0.717) is 12.8 Å². The molecule has 0 aromatic carbocycles. The van der Waals surface area contributed by atoms with Gasteiger partial charge in [0.15, 0.2) is 5.84 Å². The average Bonchev–Trinajstić information content (AvgIpc) is 2.26. The lowest BCUT2D eigenvalue weighted by atomic mass is 9.81. The predicted octanol–water partition coefficient (Wildman–Crippen LogP) is 1.53. The van der Waals surface area contributed by atoms with Crippen LogP contribution in [0.25, 0.3) is 0 Å². The Morgan fingerprint density at radius 3 is 2.28 bits per heavy atom. The molecule has 0 saturated heterocycles. The van der Waals surface area contributed by atoms with E-state index >= 15 is 0 Å². The molecule has 0 heterocycles. The number of amidine groups is 1. The van der Waals surface area contributed by atoms with Gasteiger partial charge in [-0.15, -0.1) is 0 Å². The maximum atomic E-state index is 11.9. The van der Waals surface area contributed by atoms with Crippen molar-refractivity contribution >= 4 is 11.9 Å². The molecular formula is C12H24N4O2. The lowest BCUT2D eigenvalue weighted by Crippen LogP contribution is -2.62. The van der Waals surface area contributed by atoms with E-state index in [0.717, 1.165) is 19.3 Å². The largest absolute Gasteiger partial charge is 0.409 e. The number of urea groups is 1. The van der Waals surface area contributed by atoms with Crippen LogP contribution >= 0.6 is 0 Å². The molecule has 1 saturated carbocycles. The number of nitrogens with zero attached hydrogens (tertiary/aromatic N) is 1. The van der Waals surface area contributed by atoms with Crippen molar-refractivity contribution in [3.8, 4) is 0 Å². The van der Waals surface area contributed by atoms with E-state index < -0.39 is 5.54 Å². The second kappa shape index (κ2) is 5.46. The van der Waals surface area contributed by atoms with Gasteiger partial charge < -0.3 is 21.6 Å². The molecule has 0 aliphatic heterocycles. The highest BCUT2D eigenvalue weighted by molar-refractivity contribution is 5.93. The first-order valence-corrected chi connectivity index (χ1v) is 6.37. The first kappa shape index (κ1) is 14.6. The zero-order chi connectivity index (χ0) is 13.8. The van der Waals surface area contributed by atoms with Crippen LogP contribution in [0.1, 0.15) is 52.9 Å². The topological polar surface area (TPSA) is 99.7 Å². The van der Waals surface area contributed by atoms with E-state index in [1.165, 1.54) is 0 Å². The SMILES string of the molecule is CC(C)(C)NC(=O)NC1(/C(N)=N/O)CCCCC1. The molecule has 0 atom stereocenters. The highest BCUT2D eigenvalue weighted by atomic mass is 16.4. The maximum absolute atomic E-state index is 11.9. The number of hydrogen-bond donors (Lipinski definition) is 4. The normalized spacial score (nSPS) is 20.3. The van der Waals surface area contributed by atoms with Crippen LogP contribution in [0.5, 0.6) is 0 Å². The molecule has 0 radical (unpaired) electrons. The summed E-state index contributed by atoms with van der Waals surface area (Å²) >= 11 is 0. The molecule has 0 unspecified atom stereocenters. The second-order valence-corrected chi connectivity index (χ2v) is 5.96. The molecule has 18 heavy (non-hydrogen) atoms. The number of nitrogens with one attached hydrogen (secondary N) is 2. The van der Waals surface area contributed by atoms with Crippen molar-refractivity contribution < 1.29 is 10.0 Å². The Labute approximate surface area is 108 Å². The minimum atomic E-state index is -0.706. The molecule has 1 rings (SSSR count). The fraction of sp³-hybridized carbons (Fsp3) is 0.833. The lowest BCUT2D eigenvalue weighted by molar-refractivity contribution is 0.214. The zero-order valence-electron chi connectivity index (χ0n) is 11.4. The van der Waals surface area contributed by atoms with Crippen molar-refractivity contribution in [1.82, 2.24) is 10.6 Å². The average molecular weight is 256 g/mol. The van der Waals surface area contributed by atoms with E-state index in [1.54, 1.807) is 0 Å². The van der Waals surface area contributed by atoms with Crippen LogP contribution < -0.4 is 16.4 Å². The van der Waals surface area contributed by atoms with Gasteiger partial charge in [-0.1, -0.05) is 24.4 Å². The molecule has 104 valence electrons. The first-order valence-electron chi connectivity index (χ1n) is 6.37. The standard InChI is InChI=1S/C12H24N4O2/c1-11(2,3)14-10(17)15-12(9(13)16-18)7-5-4-6-8-12/h18H,4-8H2,1-3H3,(H2,13,16)(H2,14,15,17). The fourth-order valence-electron chi connectivity index (χ4n) is 2.29. The summed E-state index contributed by atoms with van der Waals surface area (Å²) in [5, 5.41) is 17.7. The Kier molecular flexibility index (Phi) is 4.43. The van der Waals surface area contributed by atoms with Crippen LogP contribution in [-0.4, -0.2) is 28.2 Å². The Morgan fingerprint density at radius 2 is 1.83 bits per heavy atom. The van der Waals surface area contributed by atoms with Gasteiger partial charge in [-0.05, 0) is 33.6 Å². The van der Waals surface area contributed by atoms with Crippen LogP contribution in [0.4, 0.5) is 4.79 Å². The Balaban J connectivity index is 2.76. The van der Waals surface area contributed by atoms with Gasteiger partial charge in [0.05, 0.1) is 0 Å². The summed E-state index contributed by atoms with van der Waals surface area (Å²) in [5.74, 6) is 0.0891. The van der Waals surface area contributed by atoms with Crippen LogP contribution in [0.3, 0.4) is 0 Å². The van der Waals surface area contributed by atoms with E-state index in [1.807, 2.05) is 20.8 Å². The van der Waals surface area contributed by atoms with Gasteiger partial charge >= 0.3 is 6.03 Å². The van der Waals surface area contributed by atoms with Crippen LogP contribution in [0, 0.1) is 0 Å². The summed E-state index contributed by atoms with van der Waals surface area (Å²) < 4.78 is 0. The third-order valence-corrected chi connectivity index (χ3v) is 3.15. The number of amides is 2. The van der Waals surface area contributed by atoms with Crippen molar-refractivity contribution in [1.29, 1.82) is 0 Å². The van der Waals surface area contributed by atoms with Gasteiger partial charge in [-0.3, -0.25) is 0 Å². The number of nitrogens with two attached hydrogens (primary N) is 1. The summed E-state index contributed by atoms with van der Waals surface area (Å²) in [4.78, 5) is 11.9. The Bertz CT molecular complexity index is 327. The molecule has 5 N–H and O–H groups in total. The van der Waals surface area contributed by atoms with E-state index in [9.17, 15) is 4.79 Å². The van der Waals surface area contributed by atoms with Crippen molar-refractivity contribution in [2.75, 3.05) is 0 Å². The van der Waals surface area contributed by atoms with Gasteiger partial charge in [0.1, 0.15) is 5.54 Å². The minimum Gasteiger partial charge on any atom is -0.409 e. The number of carbonyl (C=O) groups is 1. The molecule has 1 aliphatic carbocycles. The summed E-state index contributed by atoms with van der Waals surface area (Å²) in [6.45, 7) is 5.72. The molecular weight excluding hydrogens is 232 g/mol. The van der Waals surface area contributed by atoms with Gasteiger partial charge in [0, 0.05) is 5.54 Å². The molecule has 0 spiro atoms.